The average Bonchev–Trinajstić information content (AvgIpc) is 2.21. The van der Waals surface area contributed by atoms with E-state index in [1.807, 2.05) is 18.5 Å². The number of benzene rings is 1. The van der Waals surface area contributed by atoms with E-state index < -0.39 is 0 Å². The van der Waals surface area contributed by atoms with Crippen molar-refractivity contribution in [2.75, 3.05) is 0 Å². The van der Waals surface area contributed by atoms with Gasteiger partial charge >= 0.3 is 0 Å². The summed E-state index contributed by atoms with van der Waals surface area (Å²) in [6.45, 7) is 0. The van der Waals surface area contributed by atoms with Crippen LogP contribution in [0, 0.1) is 0 Å². The molecule has 1 nitrogen and oxygen atoms in total. The Labute approximate surface area is 78.1 Å². The highest BCUT2D eigenvalue weighted by Gasteiger charge is 1.94. The number of hydrogen-bond donors (Lipinski definition) is 0. The molecule has 0 radical (unpaired) electrons. The predicted molar refractivity (Wildman–Crippen MR) is 52.2 cm³/mol. The van der Waals surface area contributed by atoms with Crippen molar-refractivity contribution in [1.82, 2.24) is 0 Å². The Morgan fingerprint density at radius 3 is 2.08 bits per heavy atom. The average molecular weight is 170 g/mol. The van der Waals surface area contributed by atoms with Crippen LogP contribution in [-0.4, -0.2) is 0 Å². The van der Waals surface area contributed by atoms with Gasteiger partial charge < -0.3 is 0 Å². The van der Waals surface area contributed by atoms with Gasteiger partial charge in [0.15, 0.2) is 12.4 Å². The monoisotopic (exact) mass is 170 g/mol. The standard InChI is InChI=1S/C12H11N/c1-2-4-11(5-3-1)10-12-6-8-13-9-7-12/h1-9H,10H2/p+1. The van der Waals surface area contributed by atoms with Crippen molar-refractivity contribution in [3.8, 4) is 0 Å². The summed E-state index contributed by atoms with van der Waals surface area (Å²) in [6.07, 6.45) is 4.92. The number of pyridine rings is 1. The molecule has 1 aromatic heterocycles. The van der Waals surface area contributed by atoms with E-state index in [9.17, 15) is 0 Å². The zero-order valence-corrected chi connectivity index (χ0v) is 7.40. The van der Waals surface area contributed by atoms with E-state index >= 15 is 0 Å². The van der Waals surface area contributed by atoms with Crippen LogP contribution in [0.2, 0.25) is 0 Å². The largest absolute Gasteiger partial charge is 0.218 e. The summed E-state index contributed by atoms with van der Waals surface area (Å²) in [5.74, 6) is 0. The molecule has 0 aliphatic rings. The lowest BCUT2D eigenvalue weighted by Gasteiger charge is -1.98. The quantitative estimate of drug-likeness (QED) is 0.655. The lowest BCUT2D eigenvalue weighted by atomic mass is 10.1. The van der Waals surface area contributed by atoms with Crippen LogP contribution < -0.4 is 4.98 Å². The fourth-order valence-corrected chi connectivity index (χ4v) is 1.37. The first-order valence-corrected chi connectivity index (χ1v) is 4.44. The van der Waals surface area contributed by atoms with E-state index in [4.69, 9.17) is 0 Å². The molecule has 2 rings (SSSR count). The van der Waals surface area contributed by atoms with Crippen LogP contribution >= 0.6 is 0 Å². The van der Waals surface area contributed by atoms with Gasteiger partial charge in [-0.05, 0) is 17.5 Å². The van der Waals surface area contributed by atoms with Gasteiger partial charge in [0.2, 0.25) is 0 Å². The fraction of sp³-hybridized carbons (Fsp3) is 0.0833. The zero-order valence-electron chi connectivity index (χ0n) is 7.40. The lowest BCUT2D eigenvalue weighted by Crippen LogP contribution is -1.98. The Hall–Kier alpha value is -1.63. The van der Waals surface area contributed by atoms with Gasteiger partial charge in [-0.25, -0.2) is 4.98 Å². The second-order valence-corrected chi connectivity index (χ2v) is 3.07. The summed E-state index contributed by atoms with van der Waals surface area (Å²) in [6, 6.07) is 14.7. The van der Waals surface area contributed by atoms with Crippen molar-refractivity contribution in [3.63, 3.8) is 0 Å². The number of hydrogen-bond acceptors (Lipinski definition) is 0. The summed E-state index contributed by atoms with van der Waals surface area (Å²) in [4.78, 5) is 3.02. The van der Waals surface area contributed by atoms with Crippen LogP contribution in [0.25, 0.3) is 0 Å². The molecule has 0 spiro atoms. The topological polar surface area (TPSA) is 14.1 Å². The van der Waals surface area contributed by atoms with E-state index in [1.165, 1.54) is 11.1 Å². The van der Waals surface area contributed by atoms with Crippen molar-refractivity contribution in [2.24, 2.45) is 0 Å². The van der Waals surface area contributed by atoms with Gasteiger partial charge in [0.05, 0.1) is 0 Å². The third-order valence-electron chi connectivity index (χ3n) is 2.04. The minimum Gasteiger partial charge on any atom is -0.218 e. The molecule has 0 bridgehead atoms. The van der Waals surface area contributed by atoms with E-state index in [2.05, 4.69) is 41.4 Å². The first-order chi connectivity index (χ1) is 6.45. The van der Waals surface area contributed by atoms with Crippen LogP contribution in [0.15, 0.2) is 54.9 Å². The molecule has 0 aliphatic heterocycles. The number of aromatic amines is 1. The minimum atomic E-state index is 1.01. The second kappa shape index (κ2) is 3.85. The summed E-state index contributed by atoms with van der Waals surface area (Å²) in [5.41, 5.74) is 2.69. The number of aromatic nitrogens is 1. The Morgan fingerprint density at radius 1 is 0.769 bits per heavy atom. The van der Waals surface area contributed by atoms with Crippen molar-refractivity contribution < 1.29 is 4.98 Å². The van der Waals surface area contributed by atoms with Gasteiger partial charge in [-0.1, -0.05) is 30.3 Å². The molecular formula is C12H12N+. The molecule has 0 aliphatic carbocycles. The van der Waals surface area contributed by atoms with Gasteiger partial charge in [-0.3, -0.25) is 0 Å². The minimum absolute atomic E-state index is 1.01. The van der Waals surface area contributed by atoms with Crippen molar-refractivity contribution in [2.45, 2.75) is 6.42 Å². The molecule has 64 valence electrons. The number of nitrogens with one attached hydrogen (secondary N) is 1. The Kier molecular flexibility index (Phi) is 2.37. The molecule has 13 heavy (non-hydrogen) atoms. The molecule has 0 unspecified atom stereocenters. The van der Waals surface area contributed by atoms with Gasteiger partial charge in [-0.2, -0.15) is 0 Å². The van der Waals surface area contributed by atoms with E-state index in [0.29, 0.717) is 0 Å². The molecule has 1 N–H and O–H groups in total. The zero-order chi connectivity index (χ0) is 8.93. The van der Waals surface area contributed by atoms with Crippen LogP contribution in [-0.2, 0) is 6.42 Å². The van der Waals surface area contributed by atoms with Gasteiger partial charge in [-0.15, -0.1) is 0 Å². The molecule has 1 heteroatoms. The molecule has 1 aromatic carbocycles. The molecular weight excluding hydrogens is 158 g/mol. The van der Waals surface area contributed by atoms with E-state index in [-0.39, 0.29) is 0 Å². The van der Waals surface area contributed by atoms with Crippen molar-refractivity contribution in [1.29, 1.82) is 0 Å². The van der Waals surface area contributed by atoms with E-state index in [1.54, 1.807) is 0 Å². The third kappa shape index (κ3) is 2.15. The second-order valence-electron chi connectivity index (χ2n) is 3.07. The molecule has 0 saturated heterocycles. The highest BCUT2D eigenvalue weighted by Crippen LogP contribution is 2.06. The predicted octanol–water partition coefficient (Wildman–Crippen LogP) is 2.09. The normalized spacial score (nSPS) is 9.85. The smallest absolute Gasteiger partial charge is 0.167 e. The van der Waals surface area contributed by atoms with Crippen LogP contribution in [0.1, 0.15) is 11.1 Å². The molecule has 0 fully saturated rings. The van der Waals surface area contributed by atoms with Gasteiger partial charge in [0.1, 0.15) is 0 Å². The Bertz CT molecular complexity index is 316. The highest BCUT2D eigenvalue weighted by molar-refractivity contribution is 5.23. The first-order valence-electron chi connectivity index (χ1n) is 4.44. The van der Waals surface area contributed by atoms with Gasteiger partial charge in [0, 0.05) is 12.1 Å². The fourth-order valence-electron chi connectivity index (χ4n) is 1.37. The maximum atomic E-state index is 3.02. The van der Waals surface area contributed by atoms with E-state index in [0.717, 1.165) is 6.42 Å². The molecule has 1 heterocycles. The lowest BCUT2D eigenvalue weighted by molar-refractivity contribution is -0.378. The van der Waals surface area contributed by atoms with Crippen molar-refractivity contribution in [3.05, 3.63) is 66.0 Å². The molecule has 0 saturated carbocycles. The summed E-state index contributed by atoms with van der Waals surface area (Å²) >= 11 is 0. The summed E-state index contributed by atoms with van der Waals surface area (Å²) in [5, 5.41) is 0. The molecule has 2 aromatic rings. The maximum Gasteiger partial charge on any atom is 0.167 e. The van der Waals surface area contributed by atoms with Crippen molar-refractivity contribution >= 4 is 0 Å². The van der Waals surface area contributed by atoms with Crippen LogP contribution in [0.5, 0.6) is 0 Å². The molecule has 0 amide bonds. The summed E-state index contributed by atoms with van der Waals surface area (Å²) < 4.78 is 0. The first kappa shape index (κ1) is 7.99. The third-order valence-corrected chi connectivity index (χ3v) is 2.04. The number of rotatable bonds is 2. The highest BCUT2D eigenvalue weighted by atomic mass is 14.6. The summed E-state index contributed by atoms with van der Waals surface area (Å²) in [7, 11) is 0. The van der Waals surface area contributed by atoms with Crippen LogP contribution in [0.4, 0.5) is 0 Å². The number of H-pyrrole nitrogens is 1. The van der Waals surface area contributed by atoms with Gasteiger partial charge in [0.25, 0.3) is 0 Å². The Morgan fingerprint density at radius 2 is 1.38 bits per heavy atom. The molecule has 0 atom stereocenters. The Balaban J connectivity index is 2.16. The van der Waals surface area contributed by atoms with Crippen LogP contribution in [0.3, 0.4) is 0 Å². The maximum absolute atomic E-state index is 3.02. The SMILES string of the molecule is c1ccc(Cc2cc[nH+]cc2)cc1.